The third-order valence-corrected chi connectivity index (χ3v) is 0. The molecule has 2 nitrogen and oxygen atoms in total. The summed E-state index contributed by atoms with van der Waals surface area (Å²) in [6, 6.07) is 0. The molecule has 0 aromatic heterocycles. The van der Waals surface area contributed by atoms with Gasteiger partial charge >= 0.3 is 18.2 Å². The van der Waals surface area contributed by atoms with E-state index in [0.29, 0.717) is 0 Å². The lowest BCUT2D eigenvalue weighted by Crippen LogP contribution is -1.36. The zero-order chi connectivity index (χ0) is 2.71. The molecule has 5 N–H and O–H groups in total. The van der Waals surface area contributed by atoms with Crippen LogP contribution in [0.5, 0.6) is 0 Å². The molecule has 0 bridgehead atoms. The van der Waals surface area contributed by atoms with Crippen molar-refractivity contribution in [3.63, 3.8) is 0 Å². The third kappa shape index (κ3) is 35.0. The van der Waals surface area contributed by atoms with Crippen LogP contribution in [-0.2, 0) is 0 Å². The van der Waals surface area contributed by atoms with Gasteiger partial charge in [-0.25, -0.2) is 0 Å². The Morgan fingerprint density at radius 1 is 1.20 bits per heavy atom. The molecule has 0 spiro atoms. The molecule has 0 aliphatic rings. The molecule has 0 fully saturated rings. The van der Waals surface area contributed by atoms with Crippen molar-refractivity contribution in [2.45, 2.75) is 0 Å². The van der Waals surface area contributed by atoms with E-state index in [1.807, 2.05) is 0 Å². The Bertz CT molecular complexity index is 9.61. The van der Waals surface area contributed by atoms with Gasteiger partial charge in [0.2, 0.25) is 0 Å². The van der Waals surface area contributed by atoms with E-state index in [1.54, 1.807) is 0 Å². The van der Waals surface area contributed by atoms with Crippen LogP contribution in [0.3, 0.4) is 0 Å². The minimum Gasteiger partial charge on any atom is -0.412 e. The second kappa shape index (κ2) is 18.7. The maximum absolute atomic E-state index is 4.90. The molecule has 0 amide bonds. The predicted octanol–water partition coefficient (Wildman–Crippen LogP) is 0.335. The third-order valence-electron chi connectivity index (χ3n) is 0. The van der Waals surface area contributed by atoms with Gasteiger partial charge in [-0.1, -0.05) is 0 Å². The molecule has 0 aromatic carbocycles. The van der Waals surface area contributed by atoms with E-state index in [9.17, 15) is 0 Å². The molecule has 0 aromatic rings. The summed E-state index contributed by atoms with van der Waals surface area (Å²) in [5.41, 5.74) is 0. The molecule has 0 aliphatic carbocycles. The molecule has 0 heterocycles. The van der Waals surface area contributed by atoms with Crippen LogP contribution in [0.1, 0.15) is 0 Å². The van der Waals surface area contributed by atoms with E-state index < -0.39 is 18.2 Å². The van der Waals surface area contributed by atoms with Crippen molar-refractivity contribution in [2.24, 2.45) is 0 Å². The molecule has 0 rings (SSSR count). The van der Waals surface area contributed by atoms with Gasteiger partial charge in [-0.05, 0) is 0 Å². The fourth-order valence-electron chi connectivity index (χ4n) is 0. The van der Waals surface area contributed by atoms with E-state index in [4.69, 9.17) is 18.1 Å². The molecule has 5 heteroatoms. The smallest absolute Gasteiger partial charge is 0.412 e. The zero-order valence-corrected chi connectivity index (χ0v) is 5.60. The first-order valence-electron chi connectivity index (χ1n) is 0.535. The molecule has 0 saturated carbocycles. The van der Waals surface area contributed by atoms with Crippen LogP contribution in [0.2, 0.25) is 0 Å². The maximum Gasteiger partial charge on any atom is 0.618 e. The molecule has 32 valence electrons. The van der Waals surface area contributed by atoms with Crippen molar-refractivity contribution in [3.05, 3.63) is 0 Å². The summed E-state index contributed by atoms with van der Waals surface area (Å²) in [6.45, 7) is 0. The fraction of sp³-hybridized carbons (Fsp3) is 0. The van der Waals surface area contributed by atoms with Gasteiger partial charge in [-0.2, -0.15) is 0 Å². The van der Waals surface area contributed by atoms with Crippen molar-refractivity contribution in [1.29, 1.82) is 0 Å². The highest BCUT2D eigenvalue weighted by atomic mass is 35.6. The molecule has 0 radical (unpaired) electrons. The van der Waals surface area contributed by atoms with Crippen molar-refractivity contribution >= 4 is 36.3 Å². The molecular weight excluding hydrogens is 125 g/mol. The summed E-state index contributed by atoms with van der Waals surface area (Å²) in [6.07, 6.45) is 0. The summed E-state index contributed by atoms with van der Waals surface area (Å²) in [4.78, 5) is 0. The van der Waals surface area contributed by atoms with Crippen LogP contribution in [0.15, 0.2) is 0 Å². The second-order valence-corrected chi connectivity index (χ2v) is 2.73. The van der Waals surface area contributed by atoms with Crippen LogP contribution in [0.25, 0.3) is 0 Å². The fourth-order valence-corrected chi connectivity index (χ4v) is 0. The standard InChI is InChI=1S/2ClH.Mg.H3N.H2O/h2*1H;;1H3;1H2/q;;+2;;/p-2. The highest BCUT2D eigenvalue weighted by molar-refractivity contribution is 7.22. The quantitative estimate of drug-likeness (QED) is 0.472. The van der Waals surface area contributed by atoms with Crippen molar-refractivity contribution in [2.75, 3.05) is 0 Å². The Morgan fingerprint density at radius 2 is 1.20 bits per heavy atom. The molecule has 0 atom stereocenters. The highest BCUT2D eigenvalue weighted by Gasteiger charge is 1.64. The molecule has 0 saturated heterocycles. The van der Waals surface area contributed by atoms with E-state index in [2.05, 4.69) is 0 Å². The highest BCUT2D eigenvalue weighted by Crippen LogP contribution is 1.67. The van der Waals surface area contributed by atoms with Crippen molar-refractivity contribution < 1.29 is 5.48 Å². The lowest BCUT2D eigenvalue weighted by Gasteiger charge is -1.33. The van der Waals surface area contributed by atoms with Crippen LogP contribution in [0.4, 0.5) is 0 Å². The van der Waals surface area contributed by atoms with Crippen LogP contribution < -0.4 is 6.15 Å². The molecule has 0 aliphatic heterocycles. The summed E-state index contributed by atoms with van der Waals surface area (Å²) >= 11 is -0.639. The average molecular weight is 130 g/mol. The normalized spacial score (nSPS) is 2.00. The van der Waals surface area contributed by atoms with E-state index in [1.165, 1.54) is 0 Å². The minimum absolute atomic E-state index is 0. The number of hydrogen-bond donors (Lipinski definition) is 1. The van der Waals surface area contributed by atoms with Gasteiger partial charge < -0.3 is 29.8 Å². The molecule has 0 unspecified atom stereocenters. The van der Waals surface area contributed by atoms with Gasteiger partial charge in [0.1, 0.15) is 0 Å². The second-order valence-electron chi connectivity index (χ2n) is 0.101. The van der Waals surface area contributed by atoms with E-state index in [-0.39, 0.29) is 11.6 Å². The number of halogens is 2. The van der Waals surface area contributed by atoms with Crippen LogP contribution in [0, 0.1) is 0 Å². The summed E-state index contributed by atoms with van der Waals surface area (Å²) in [7, 11) is 9.81. The van der Waals surface area contributed by atoms with Gasteiger partial charge in [0.05, 0.1) is 0 Å². The van der Waals surface area contributed by atoms with E-state index >= 15 is 0 Å². The topological polar surface area (TPSA) is 66.5 Å². The Labute approximate surface area is 48.0 Å². The summed E-state index contributed by atoms with van der Waals surface area (Å²) in [5, 5.41) is 0. The van der Waals surface area contributed by atoms with Gasteiger partial charge in [-0.15, -0.1) is 0 Å². The molecular formula is H5Cl2MgNO. The van der Waals surface area contributed by atoms with Gasteiger partial charge in [0.25, 0.3) is 0 Å². The number of hydrogen-bond acceptors (Lipinski definition) is 1. The van der Waals surface area contributed by atoms with Crippen LogP contribution in [-0.4, -0.2) is 23.6 Å². The SMILES string of the molecule is N.O.[Cl][Mg][Cl]. The predicted molar refractivity (Wildman–Crippen MR) is 26.1 cm³/mol. The Kier molecular flexibility index (Phi) is 60.8. The molecule has 5 heavy (non-hydrogen) atoms. The minimum atomic E-state index is -0.639. The zero-order valence-electron chi connectivity index (χ0n) is 2.67. The number of rotatable bonds is 0. The van der Waals surface area contributed by atoms with Gasteiger partial charge in [-0.3, -0.25) is 0 Å². The Hall–Kier alpha value is 1.27. The first-order valence-corrected chi connectivity index (χ1v) is 4.81. The van der Waals surface area contributed by atoms with Crippen LogP contribution >= 0.6 is 18.1 Å². The van der Waals surface area contributed by atoms with Gasteiger partial charge in [0, 0.05) is 0 Å². The lowest BCUT2D eigenvalue weighted by molar-refractivity contribution is 0.824. The summed E-state index contributed by atoms with van der Waals surface area (Å²) < 4.78 is 0. The average Bonchev–Trinajstić information content (AvgIpc) is 0.918. The first kappa shape index (κ1) is 16.3. The Balaban J connectivity index is -0.0000000200. The summed E-state index contributed by atoms with van der Waals surface area (Å²) in [5.74, 6) is 0. The maximum atomic E-state index is 4.90. The van der Waals surface area contributed by atoms with Crippen molar-refractivity contribution in [1.82, 2.24) is 6.15 Å². The first-order chi connectivity index (χ1) is 1.41. The van der Waals surface area contributed by atoms with E-state index in [0.717, 1.165) is 0 Å². The lowest BCUT2D eigenvalue weighted by atomic mass is 14.0. The van der Waals surface area contributed by atoms with Gasteiger partial charge in [0.15, 0.2) is 0 Å². The largest absolute Gasteiger partial charge is 0.618 e. The monoisotopic (exact) mass is 129 g/mol. The van der Waals surface area contributed by atoms with Crippen molar-refractivity contribution in [3.8, 4) is 0 Å². The Morgan fingerprint density at radius 3 is 1.20 bits per heavy atom.